The van der Waals surface area contributed by atoms with Gasteiger partial charge >= 0.3 is 6.09 Å². The molecule has 0 heterocycles. The Bertz CT molecular complexity index is 1450. The SMILES string of the molecule is C[C@@H](/C=C/C(=O)Nc1ccccc1N)[C@@H](OC(=O)Nc1cccc2ccccc12)c1ccc(OCCO)cc1. The molecule has 0 bridgehead atoms. The summed E-state index contributed by atoms with van der Waals surface area (Å²) in [5.41, 5.74) is 8.24. The van der Waals surface area contributed by atoms with E-state index in [-0.39, 0.29) is 25.0 Å². The van der Waals surface area contributed by atoms with Crippen LogP contribution in [0.3, 0.4) is 0 Å². The molecular formula is C31H31N3O5. The van der Waals surface area contributed by atoms with Gasteiger partial charge in [-0.15, -0.1) is 0 Å². The number of benzene rings is 4. The van der Waals surface area contributed by atoms with Crippen molar-refractivity contribution in [1.82, 2.24) is 0 Å². The number of hydrogen-bond donors (Lipinski definition) is 4. The van der Waals surface area contributed by atoms with Crippen molar-refractivity contribution in [2.24, 2.45) is 5.92 Å². The van der Waals surface area contributed by atoms with Gasteiger partial charge in [0.15, 0.2) is 0 Å². The molecule has 0 unspecified atom stereocenters. The first-order chi connectivity index (χ1) is 18.9. The van der Waals surface area contributed by atoms with Crippen LogP contribution in [0.15, 0.2) is 103 Å². The standard InChI is InChI=1S/C31H31N3O5/c1-21(13-18-29(36)33-28-11-5-4-10-26(28)32)30(23-14-16-24(17-15-23)38-20-19-35)39-31(37)34-27-12-6-8-22-7-2-3-9-25(22)27/h2-18,21,30,35H,19-20,32H2,1H3,(H,33,36)(H,34,37)/b18-13+/t21-,30+/m0/s1. The van der Waals surface area contributed by atoms with Gasteiger partial charge in [0, 0.05) is 11.3 Å². The first-order valence-electron chi connectivity index (χ1n) is 12.6. The van der Waals surface area contributed by atoms with Crippen molar-refractivity contribution < 1.29 is 24.2 Å². The third-order valence-corrected chi connectivity index (χ3v) is 6.08. The third-order valence-electron chi connectivity index (χ3n) is 6.08. The average molecular weight is 526 g/mol. The lowest BCUT2D eigenvalue weighted by Crippen LogP contribution is -2.21. The molecule has 4 rings (SSSR count). The lowest BCUT2D eigenvalue weighted by atomic mass is 9.96. The van der Waals surface area contributed by atoms with Crippen LogP contribution in [-0.4, -0.2) is 30.3 Å². The molecule has 0 saturated carbocycles. The summed E-state index contributed by atoms with van der Waals surface area (Å²) >= 11 is 0. The molecule has 39 heavy (non-hydrogen) atoms. The number of hydrogen-bond acceptors (Lipinski definition) is 6. The predicted octanol–water partition coefficient (Wildman–Crippen LogP) is 5.91. The lowest BCUT2D eigenvalue weighted by molar-refractivity contribution is -0.111. The minimum absolute atomic E-state index is 0.0969. The predicted molar refractivity (Wildman–Crippen MR) is 154 cm³/mol. The second-order valence-electron chi connectivity index (χ2n) is 8.91. The number of para-hydroxylation sites is 2. The van der Waals surface area contributed by atoms with Crippen molar-refractivity contribution >= 4 is 39.8 Å². The van der Waals surface area contributed by atoms with E-state index in [2.05, 4.69) is 10.6 Å². The van der Waals surface area contributed by atoms with Gasteiger partial charge in [0.05, 0.1) is 23.7 Å². The second-order valence-corrected chi connectivity index (χ2v) is 8.91. The van der Waals surface area contributed by atoms with Crippen molar-refractivity contribution in [3.05, 3.63) is 109 Å². The summed E-state index contributed by atoms with van der Waals surface area (Å²) in [4.78, 5) is 25.6. The molecule has 0 spiro atoms. The molecule has 8 heteroatoms. The zero-order valence-corrected chi connectivity index (χ0v) is 21.5. The van der Waals surface area contributed by atoms with Crippen LogP contribution >= 0.6 is 0 Å². The van der Waals surface area contributed by atoms with Crippen molar-refractivity contribution in [2.45, 2.75) is 13.0 Å². The maximum Gasteiger partial charge on any atom is 0.412 e. The minimum atomic E-state index is -0.710. The van der Waals surface area contributed by atoms with Gasteiger partial charge < -0.3 is 25.6 Å². The maximum atomic E-state index is 13.1. The van der Waals surface area contributed by atoms with Crippen LogP contribution in [-0.2, 0) is 9.53 Å². The number of anilines is 3. The molecule has 2 amide bonds. The van der Waals surface area contributed by atoms with Gasteiger partial charge in [-0.1, -0.05) is 73.7 Å². The highest BCUT2D eigenvalue weighted by molar-refractivity contribution is 6.01. The highest BCUT2D eigenvalue weighted by Crippen LogP contribution is 2.30. The molecule has 4 aromatic carbocycles. The number of aliphatic hydroxyl groups excluding tert-OH is 1. The Labute approximate surface area is 227 Å². The van der Waals surface area contributed by atoms with Crippen LogP contribution in [0.5, 0.6) is 5.75 Å². The van der Waals surface area contributed by atoms with Crippen molar-refractivity contribution in [3.63, 3.8) is 0 Å². The van der Waals surface area contributed by atoms with Crippen LogP contribution in [0, 0.1) is 5.92 Å². The Balaban J connectivity index is 1.52. The molecular weight excluding hydrogens is 494 g/mol. The second kappa shape index (κ2) is 13.1. The molecule has 0 radical (unpaired) electrons. The van der Waals surface area contributed by atoms with Crippen molar-refractivity contribution in [3.8, 4) is 5.75 Å². The molecule has 0 saturated heterocycles. The Morgan fingerprint density at radius 3 is 2.36 bits per heavy atom. The van der Waals surface area contributed by atoms with Crippen molar-refractivity contribution in [2.75, 3.05) is 29.6 Å². The first kappa shape index (κ1) is 27.2. The van der Waals surface area contributed by atoms with Crippen LogP contribution in [0.4, 0.5) is 21.9 Å². The molecule has 200 valence electrons. The zero-order valence-electron chi connectivity index (χ0n) is 21.5. The fourth-order valence-electron chi connectivity index (χ4n) is 4.11. The fraction of sp³-hybridized carbons (Fsp3) is 0.161. The number of fused-ring (bicyclic) bond motifs is 1. The van der Waals surface area contributed by atoms with Gasteiger partial charge in [-0.25, -0.2) is 4.79 Å². The number of aliphatic hydroxyl groups is 1. The molecule has 0 fully saturated rings. The number of carbonyl (C=O) groups excluding carboxylic acids is 2. The monoisotopic (exact) mass is 525 g/mol. The van der Waals surface area contributed by atoms with Crippen LogP contribution in [0.25, 0.3) is 10.8 Å². The number of rotatable bonds is 10. The summed E-state index contributed by atoms with van der Waals surface area (Å²) in [5.74, 6) is -0.146. The number of ether oxygens (including phenoxy) is 2. The number of nitrogens with two attached hydrogens (primary N) is 1. The minimum Gasteiger partial charge on any atom is -0.491 e. The first-order valence-corrected chi connectivity index (χ1v) is 12.6. The Kier molecular flexibility index (Phi) is 9.16. The van der Waals surface area contributed by atoms with Gasteiger partial charge in [0.1, 0.15) is 18.5 Å². The van der Waals surface area contributed by atoms with E-state index < -0.39 is 12.2 Å². The highest BCUT2D eigenvalue weighted by atomic mass is 16.6. The largest absolute Gasteiger partial charge is 0.491 e. The third kappa shape index (κ3) is 7.37. The number of amides is 2. The highest BCUT2D eigenvalue weighted by Gasteiger charge is 2.23. The molecule has 0 aromatic heterocycles. The summed E-state index contributed by atoms with van der Waals surface area (Å²) in [5, 5.41) is 16.5. The van der Waals surface area contributed by atoms with Gasteiger partial charge in [-0.2, -0.15) is 0 Å². The van der Waals surface area contributed by atoms with Gasteiger partial charge in [0.2, 0.25) is 5.91 Å². The van der Waals surface area contributed by atoms with E-state index in [1.807, 2.05) is 49.4 Å². The quantitative estimate of drug-likeness (QED) is 0.151. The molecule has 0 aliphatic rings. The summed E-state index contributed by atoms with van der Waals surface area (Å²) in [6, 6.07) is 27.4. The van der Waals surface area contributed by atoms with Crippen LogP contribution in [0.2, 0.25) is 0 Å². The molecule has 4 aromatic rings. The van der Waals surface area contributed by atoms with E-state index >= 15 is 0 Å². The number of nitrogens with one attached hydrogen (secondary N) is 2. The molecule has 0 aliphatic heterocycles. The molecule has 8 nitrogen and oxygen atoms in total. The van der Waals surface area contributed by atoms with E-state index in [9.17, 15) is 9.59 Å². The summed E-state index contributed by atoms with van der Waals surface area (Å²) in [6.45, 7) is 1.93. The number of carbonyl (C=O) groups is 2. The topological polar surface area (TPSA) is 123 Å². The maximum absolute atomic E-state index is 13.1. The average Bonchev–Trinajstić information content (AvgIpc) is 2.95. The fourth-order valence-corrected chi connectivity index (χ4v) is 4.11. The van der Waals surface area contributed by atoms with Gasteiger partial charge in [-0.05, 0) is 47.4 Å². The van der Waals surface area contributed by atoms with Crippen LogP contribution in [0.1, 0.15) is 18.6 Å². The molecule has 2 atom stereocenters. The Morgan fingerprint density at radius 1 is 0.897 bits per heavy atom. The van der Waals surface area contributed by atoms with E-state index in [1.54, 1.807) is 54.6 Å². The Hall–Kier alpha value is -4.82. The lowest BCUT2D eigenvalue weighted by Gasteiger charge is -2.23. The van der Waals surface area contributed by atoms with E-state index in [0.29, 0.717) is 28.4 Å². The normalized spacial score (nSPS) is 12.6. The van der Waals surface area contributed by atoms with E-state index in [0.717, 1.165) is 10.8 Å². The van der Waals surface area contributed by atoms with E-state index in [1.165, 1.54) is 6.08 Å². The number of nitrogen functional groups attached to an aromatic ring is 1. The van der Waals surface area contributed by atoms with Crippen LogP contribution < -0.4 is 21.1 Å². The Morgan fingerprint density at radius 2 is 1.59 bits per heavy atom. The van der Waals surface area contributed by atoms with Gasteiger partial charge in [-0.3, -0.25) is 10.1 Å². The van der Waals surface area contributed by atoms with Crippen molar-refractivity contribution in [1.29, 1.82) is 0 Å². The molecule has 5 N–H and O–H groups in total. The smallest absolute Gasteiger partial charge is 0.412 e. The van der Waals surface area contributed by atoms with E-state index in [4.69, 9.17) is 20.3 Å². The summed E-state index contributed by atoms with van der Waals surface area (Å²) < 4.78 is 11.4. The summed E-state index contributed by atoms with van der Waals surface area (Å²) in [7, 11) is 0. The van der Waals surface area contributed by atoms with Gasteiger partial charge in [0.25, 0.3) is 0 Å². The summed E-state index contributed by atoms with van der Waals surface area (Å²) in [6.07, 6.45) is 1.74. The zero-order chi connectivity index (χ0) is 27.6. The molecule has 0 aliphatic carbocycles.